The van der Waals surface area contributed by atoms with E-state index in [4.69, 9.17) is 18.0 Å². The minimum Gasteiger partial charge on any atom is -0.389 e. The van der Waals surface area contributed by atoms with Crippen LogP contribution >= 0.6 is 28.1 Å². The molecule has 4 N–H and O–H groups in total. The van der Waals surface area contributed by atoms with Gasteiger partial charge in [-0.15, -0.1) is 0 Å². The van der Waals surface area contributed by atoms with Crippen molar-refractivity contribution < 1.29 is 4.79 Å². The Morgan fingerprint density at radius 1 is 1.19 bits per heavy atom. The third-order valence-electron chi connectivity index (χ3n) is 2.78. The van der Waals surface area contributed by atoms with Crippen molar-refractivity contribution in [2.24, 2.45) is 5.73 Å². The number of anilines is 2. The number of halogens is 1. The quantitative estimate of drug-likeness (QED) is 0.721. The number of carbonyl (C=O) groups is 1. The van der Waals surface area contributed by atoms with Gasteiger partial charge in [0.25, 0.3) is 0 Å². The first-order valence-corrected chi connectivity index (χ1v) is 7.40. The van der Waals surface area contributed by atoms with E-state index in [0.29, 0.717) is 15.1 Å². The number of rotatable bonds is 3. The standard InChI is InChI=1S/C15H14BrN3OS/c1-9-3-2-4-11(7-9)18-15(20)19-13-6-5-10(14(17)21)8-12(13)16/h2-8H,1H3,(H2,17,21)(H2,18,19,20). The van der Waals surface area contributed by atoms with Gasteiger partial charge in [0, 0.05) is 15.7 Å². The lowest BCUT2D eigenvalue weighted by Crippen LogP contribution is -2.20. The minimum absolute atomic E-state index is 0.312. The van der Waals surface area contributed by atoms with Gasteiger partial charge in [-0.1, -0.05) is 24.4 Å². The first kappa shape index (κ1) is 15.5. The average molecular weight is 364 g/mol. The van der Waals surface area contributed by atoms with Crippen LogP contribution in [0.2, 0.25) is 0 Å². The number of amides is 2. The van der Waals surface area contributed by atoms with Crippen LogP contribution in [0.3, 0.4) is 0 Å². The van der Waals surface area contributed by atoms with E-state index in [0.717, 1.165) is 16.8 Å². The van der Waals surface area contributed by atoms with E-state index in [-0.39, 0.29) is 6.03 Å². The fraction of sp³-hybridized carbons (Fsp3) is 0.0667. The maximum Gasteiger partial charge on any atom is 0.323 e. The molecule has 0 saturated carbocycles. The monoisotopic (exact) mass is 363 g/mol. The second-order valence-corrected chi connectivity index (χ2v) is 5.80. The smallest absolute Gasteiger partial charge is 0.323 e. The second kappa shape index (κ2) is 6.69. The summed E-state index contributed by atoms with van der Waals surface area (Å²) in [4.78, 5) is 12.3. The number of urea groups is 1. The highest BCUT2D eigenvalue weighted by Gasteiger charge is 2.07. The van der Waals surface area contributed by atoms with Crippen molar-refractivity contribution in [3.8, 4) is 0 Å². The zero-order valence-electron chi connectivity index (χ0n) is 11.3. The minimum atomic E-state index is -0.315. The van der Waals surface area contributed by atoms with Crippen LogP contribution in [-0.4, -0.2) is 11.0 Å². The number of nitrogens with one attached hydrogen (secondary N) is 2. The first-order chi connectivity index (χ1) is 9.95. The van der Waals surface area contributed by atoms with Crippen LogP contribution in [0.15, 0.2) is 46.9 Å². The highest BCUT2D eigenvalue weighted by molar-refractivity contribution is 9.10. The van der Waals surface area contributed by atoms with E-state index in [9.17, 15) is 4.79 Å². The maximum atomic E-state index is 12.0. The molecule has 0 atom stereocenters. The van der Waals surface area contributed by atoms with Gasteiger partial charge >= 0.3 is 6.03 Å². The Bertz CT molecular complexity index is 703. The number of thiocarbonyl (C=S) groups is 1. The summed E-state index contributed by atoms with van der Waals surface area (Å²) in [5.74, 6) is 0. The summed E-state index contributed by atoms with van der Waals surface area (Å²) in [6.45, 7) is 1.97. The lowest BCUT2D eigenvalue weighted by atomic mass is 10.2. The van der Waals surface area contributed by atoms with E-state index in [1.807, 2.05) is 31.2 Å². The van der Waals surface area contributed by atoms with Gasteiger partial charge in [0.1, 0.15) is 4.99 Å². The van der Waals surface area contributed by atoms with Crippen LogP contribution in [0, 0.1) is 6.92 Å². The number of hydrogen-bond acceptors (Lipinski definition) is 2. The number of hydrogen-bond donors (Lipinski definition) is 3. The summed E-state index contributed by atoms with van der Waals surface area (Å²) < 4.78 is 0.715. The molecular weight excluding hydrogens is 350 g/mol. The predicted octanol–water partition coefficient (Wildman–Crippen LogP) is 4.04. The molecule has 2 aromatic carbocycles. The van der Waals surface area contributed by atoms with Crippen molar-refractivity contribution in [1.29, 1.82) is 0 Å². The van der Waals surface area contributed by atoms with Crippen LogP contribution in [0.1, 0.15) is 11.1 Å². The van der Waals surface area contributed by atoms with Crippen molar-refractivity contribution in [3.05, 3.63) is 58.1 Å². The van der Waals surface area contributed by atoms with E-state index in [2.05, 4.69) is 26.6 Å². The lowest BCUT2D eigenvalue weighted by molar-refractivity contribution is 0.262. The molecule has 0 bridgehead atoms. The zero-order chi connectivity index (χ0) is 15.4. The highest BCUT2D eigenvalue weighted by atomic mass is 79.9. The molecule has 0 spiro atoms. The topological polar surface area (TPSA) is 67.2 Å². The summed E-state index contributed by atoms with van der Waals surface area (Å²) in [6, 6.07) is 12.5. The van der Waals surface area contributed by atoms with E-state index in [1.165, 1.54) is 0 Å². The van der Waals surface area contributed by atoms with Gasteiger partial charge in [0.05, 0.1) is 5.69 Å². The maximum absolute atomic E-state index is 12.0. The Morgan fingerprint density at radius 3 is 2.57 bits per heavy atom. The Morgan fingerprint density at radius 2 is 1.95 bits per heavy atom. The van der Waals surface area contributed by atoms with E-state index >= 15 is 0 Å². The molecule has 2 amide bonds. The van der Waals surface area contributed by atoms with Crippen LogP contribution in [0.25, 0.3) is 0 Å². The van der Waals surface area contributed by atoms with Crippen LogP contribution in [-0.2, 0) is 0 Å². The Hall–Kier alpha value is -1.92. The molecule has 0 heterocycles. The summed E-state index contributed by atoms with van der Waals surface area (Å²) in [5, 5.41) is 5.54. The first-order valence-electron chi connectivity index (χ1n) is 6.20. The molecule has 0 saturated heterocycles. The van der Waals surface area contributed by atoms with E-state index in [1.54, 1.807) is 18.2 Å². The van der Waals surface area contributed by atoms with Crippen molar-refractivity contribution in [3.63, 3.8) is 0 Å². The molecule has 0 radical (unpaired) electrons. The van der Waals surface area contributed by atoms with E-state index < -0.39 is 0 Å². The van der Waals surface area contributed by atoms with Crippen LogP contribution < -0.4 is 16.4 Å². The normalized spacial score (nSPS) is 10.0. The van der Waals surface area contributed by atoms with Crippen molar-refractivity contribution in [1.82, 2.24) is 0 Å². The third-order valence-corrected chi connectivity index (χ3v) is 3.67. The summed E-state index contributed by atoms with van der Waals surface area (Å²) >= 11 is 8.29. The zero-order valence-corrected chi connectivity index (χ0v) is 13.7. The predicted molar refractivity (Wildman–Crippen MR) is 93.8 cm³/mol. The van der Waals surface area contributed by atoms with Gasteiger partial charge in [0.2, 0.25) is 0 Å². The lowest BCUT2D eigenvalue weighted by Gasteiger charge is -2.10. The van der Waals surface area contributed by atoms with Gasteiger partial charge in [-0.25, -0.2) is 4.79 Å². The number of benzene rings is 2. The average Bonchev–Trinajstić information content (AvgIpc) is 2.40. The van der Waals surface area contributed by atoms with Crippen molar-refractivity contribution in [2.75, 3.05) is 10.6 Å². The van der Waals surface area contributed by atoms with Gasteiger partial charge < -0.3 is 16.4 Å². The molecule has 108 valence electrons. The molecule has 0 fully saturated rings. The van der Waals surface area contributed by atoms with Crippen molar-refractivity contribution in [2.45, 2.75) is 6.92 Å². The van der Waals surface area contributed by atoms with Gasteiger partial charge in [-0.2, -0.15) is 0 Å². The molecule has 0 aromatic heterocycles. The second-order valence-electron chi connectivity index (χ2n) is 4.51. The Labute approximate surface area is 136 Å². The molecular formula is C15H14BrN3OS. The fourth-order valence-corrected chi connectivity index (χ4v) is 2.38. The molecule has 21 heavy (non-hydrogen) atoms. The van der Waals surface area contributed by atoms with Crippen molar-refractivity contribution >= 4 is 50.5 Å². The fourth-order valence-electron chi connectivity index (χ4n) is 1.78. The number of carbonyl (C=O) groups excluding carboxylic acids is 1. The molecule has 0 aliphatic rings. The van der Waals surface area contributed by atoms with Gasteiger partial charge in [0.15, 0.2) is 0 Å². The Balaban J connectivity index is 2.08. The molecule has 0 aliphatic heterocycles. The molecule has 2 aromatic rings. The summed E-state index contributed by atoms with van der Waals surface area (Å²) in [5.41, 5.74) is 8.76. The largest absolute Gasteiger partial charge is 0.389 e. The molecule has 4 nitrogen and oxygen atoms in total. The van der Waals surface area contributed by atoms with Crippen LogP contribution in [0.4, 0.5) is 16.2 Å². The molecule has 0 aliphatic carbocycles. The SMILES string of the molecule is Cc1cccc(NC(=O)Nc2ccc(C(N)=S)cc2Br)c1. The molecule has 6 heteroatoms. The van der Waals surface area contributed by atoms with Crippen LogP contribution in [0.5, 0.6) is 0 Å². The number of nitrogens with two attached hydrogens (primary N) is 1. The third kappa shape index (κ3) is 4.27. The van der Waals surface area contributed by atoms with Gasteiger partial charge in [-0.05, 0) is 58.7 Å². The molecule has 2 rings (SSSR count). The number of aryl methyl sites for hydroxylation is 1. The summed E-state index contributed by atoms with van der Waals surface area (Å²) in [7, 11) is 0. The molecule has 0 unspecified atom stereocenters. The highest BCUT2D eigenvalue weighted by Crippen LogP contribution is 2.24. The van der Waals surface area contributed by atoms with Gasteiger partial charge in [-0.3, -0.25) is 0 Å². The Kier molecular flexibility index (Phi) is 4.93. The summed E-state index contributed by atoms with van der Waals surface area (Å²) in [6.07, 6.45) is 0.